The molecule has 3 aromatic rings. The summed E-state index contributed by atoms with van der Waals surface area (Å²) >= 11 is 0. The van der Waals surface area contributed by atoms with Crippen LogP contribution in [0.15, 0.2) is 18.2 Å². The molecule has 3 rings (SSSR count). The second-order valence-corrected chi connectivity index (χ2v) is 8.95. The van der Waals surface area contributed by atoms with Crippen molar-refractivity contribution in [2.75, 3.05) is 87.5 Å². The molecule has 0 amide bonds. The molecule has 0 aliphatic heterocycles. The van der Waals surface area contributed by atoms with Gasteiger partial charge in [-0.3, -0.25) is 0 Å². The molecule has 0 saturated heterocycles. The van der Waals surface area contributed by atoms with Gasteiger partial charge in [-0.15, -0.1) is 0 Å². The van der Waals surface area contributed by atoms with Crippen LogP contribution in [-0.2, 0) is 0 Å². The van der Waals surface area contributed by atoms with E-state index in [0.717, 1.165) is 12.1 Å². The Morgan fingerprint density at radius 1 is 0.533 bits per heavy atom. The van der Waals surface area contributed by atoms with Crippen molar-refractivity contribution < 1.29 is 36.2 Å². The Hall–Kier alpha value is -4.03. The van der Waals surface area contributed by atoms with Gasteiger partial charge in [0, 0.05) is 31.8 Å². The van der Waals surface area contributed by atoms with Crippen LogP contribution in [0.3, 0.4) is 0 Å². The van der Waals surface area contributed by atoms with E-state index in [4.69, 9.17) is 19.9 Å². The van der Waals surface area contributed by atoms with E-state index in [1.165, 1.54) is 0 Å². The van der Waals surface area contributed by atoms with Crippen LogP contribution in [-0.4, -0.2) is 126 Å². The number of halogens is 5. The van der Waals surface area contributed by atoms with Crippen LogP contribution in [0, 0.1) is 29.9 Å². The quantitative estimate of drug-likeness (QED) is 0.173. The van der Waals surface area contributed by atoms with Gasteiger partial charge < -0.3 is 34.6 Å². The maximum Gasteiger partial charge on any atom is 0.321 e. The number of nitrogens with two attached hydrogens (primary N) is 1. The van der Waals surface area contributed by atoms with E-state index in [2.05, 4.69) is 29.9 Å². The molecule has 2 N–H and O–H groups in total. The van der Waals surface area contributed by atoms with E-state index >= 15 is 0 Å². The molecule has 45 heavy (non-hydrogen) atoms. The van der Waals surface area contributed by atoms with Gasteiger partial charge in [-0.05, 0) is 42.3 Å². The molecule has 0 spiro atoms. The summed E-state index contributed by atoms with van der Waals surface area (Å²) in [6.45, 7) is 2.99. The Morgan fingerprint density at radius 2 is 0.911 bits per heavy atom. The van der Waals surface area contributed by atoms with Crippen molar-refractivity contribution in [3.8, 4) is 17.9 Å². The monoisotopic (exact) mass is 654 g/mol. The highest BCUT2D eigenvalue weighted by molar-refractivity contribution is 5.27. The summed E-state index contributed by atoms with van der Waals surface area (Å²) in [5.41, 5.74) is 5.31. The van der Waals surface area contributed by atoms with Crippen LogP contribution < -0.4 is 19.9 Å². The van der Waals surface area contributed by atoms with Gasteiger partial charge in [-0.1, -0.05) is 22.3 Å². The minimum absolute atomic E-state index is 0. The largest absolute Gasteiger partial charge is 0.476 e. The second kappa shape index (κ2) is 24.3. The third-order valence-corrected chi connectivity index (χ3v) is 4.31. The molecule has 0 radical (unpaired) electrons. The Balaban J connectivity index is -0.000000569. The van der Waals surface area contributed by atoms with Gasteiger partial charge in [-0.25, -0.2) is 0 Å². The average Bonchev–Trinajstić information content (AvgIpc) is 2.82. The normalized spacial score (nSPS) is 9.91. The minimum Gasteiger partial charge on any atom is -0.476 e. The van der Waals surface area contributed by atoms with Crippen molar-refractivity contribution in [1.29, 1.82) is 0 Å². The van der Waals surface area contributed by atoms with E-state index < -0.39 is 29.9 Å². The smallest absolute Gasteiger partial charge is 0.321 e. The van der Waals surface area contributed by atoms with Gasteiger partial charge in [0.25, 0.3) is 0 Å². The summed E-state index contributed by atoms with van der Waals surface area (Å²) < 4.78 is 77.8. The predicted octanol–water partition coefficient (Wildman–Crippen LogP) is 3.44. The zero-order valence-corrected chi connectivity index (χ0v) is 24.2. The number of nitrogen functional groups attached to an aromatic ring is 1. The minimum atomic E-state index is -1.12. The summed E-state index contributed by atoms with van der Waals surface area (Å²) in [7, 11) is 11.3. The number of likely N-dealkylation sites (N-methyl/N-ethyl adjacent to an activating group) is 3. The topological polar surface area (TPSA) is 141 Å². The van der Waals surface area contributed by atoms with E-state index in [-0.39, 0.29) is 52.6 Å². The summed E-state index contributed by atoms with van der Waals surface area (Å²) in [4.78, 5) is 25.5. The lowest BCUT2D eigenvalue weighted by molar-refractivity contribution is 0.239. The van der Waals surface area contributed by atoms with E-state index in [1.807, 2.05) is 57.0 Å². The summed E-state index contributed by atoms with van der Waals surface area (Å²) in [6.07, 6.45) is -1.12. The van der Waals surface area contributed by atoms with E-state index in [0.29, 0.717) is 38.9 Å². The van der Waals surface area contributed by atoms with Gasteiger partial charge in [0.05, 0.1) is 6.07 Å². The van der Waals surface area contributed by atoms with Gasteiger partial charge in [0.1, 0.15) is 25.6 Å². The Kier molecular flexibility index (Phi) is 24.5. The average molecular weight is 655 g/mol. The zero-order valence-electron chi connectivity index (χ0n) is 24.2. The number of ether oxygens (including phenoxy) is 3. The molecule has 0 atom stereocenters. The molecule has 0 unspecified atom stereocenters. The first-order valence-corrected chi connectivity index (χ1v) is 12.3. The summed E-state index contributed by atoms with van der Waals surface area (Å²) in [6, 6.07) is 2.28. The van der Waals surface area contributed by atoms with Crippen LogP contribution in [0.2, 0.25) is 0 Å². The lowest BCUT2D eigenvalue weighted by Crippen LogP contribution is -2.20. The molecular weight excluding hydrogens is 607 g/mol. The van der Waals surface area contributed by atoms with Crippen LogP contribution >= 0.6 is 0 Å². The highest BCUT2D eigenvalue weighted by Gasteiger charge is 2.06. The first kappa shape index (κ1) is 45.4. The molecule has 258 valence electrons. The molecule has 3 aromatic heterocycles. The highest BCUT2D eigenvalue weighted by atomic mass is 19.2. The van der Waals surface area contributed by atoms with Crippen LogP contribution in [0.25, 0.3) is 0 Å². The van der Waals surface area contributed by atoms with Crippen molar-refractivity contribution in [2.24, 2.45) is 0 Å². The third-order valence-electron chi connectivity index (χ3n) is 4.31. The fourth-order valence-electron chi connectivity index (χ4n) is 2.33. The molecule has 3 heterocycles. The molecule has 0 saturated carbocycles. The second-order valence-electron chi connectivity index (χ2n) is 8.95. The van der Waals surface area contributed by atoms with E-state index in [9.17, 15) is 22.0 Å². The maximum absolute atomic E-state index is 12.7. The standard InChI is InChI=1S/2C8H11F2N3O.C8H13FN4O.3CH4/c1-13(2)3-4-14-7-5-6(9)11-8(10)12-7;2*1-13(2)3-4-14-8-11-6(9)5-7(10)12-8;;;/h2*5H,3-4H2,1-2H3;5H,3-4H2,1-2H3,(H2,10,11,12);3*1H4. The van der Waals surface area contributed by atoms with Gasteiger partial charge >= 0.3 is 18.1 Å². The Bertz CT molecular complexity index is 1010. The number of hydrogen-bond acceptors (Lipinski definition) is 13. The van der Waals surface area contributed by atoms with Crippen molar-refractivity contribution in [1.82, 2.24) is 44.6 Å². The molecule has 0 aromatic carbocycles. The van der Waals surface area contributed by atoms with Gasteiger partial charge in [-0.2, -0.15) is 51.9 Å². The molecular formula is C27H47F5N10O3. The lowest BCUT2D eigenvalue weighted by Gasteiger charge is -2.09. The molecule has 13 nitrogen and oxygen atoms in total. The van der Waals surface area contributed by atoms with Crippen LogP contribution in [0.5, 0.6) is 17.9 Å². The third kappa shape index (κ3) is 23.1. The first-order valence-electron chi connectivity index (χ1n) is 12.3. The van der Waals surface area contributed by atoms with Crippen LogP contribution in [0.1, 0.15) is 22.3 Å². The van der Waals surface area contributed by atoms with Crippen molar-refractivity contribution in [3.05, 3.63) is 48.1 Å². The SMILES string of the molecule is C.C.C.CN(C)CCOc1cc(F)nc(F)n1.CN(C)CCOc1nc(F)cc(F)n1.CN(C)CCOc1nc(N)cc(F)n1. The fourth-order valence-corrected chi connectivity index (χ4v) is 2.33. The van der Waals surface area contributed by atoms with Crippen LogP contribution in [0.4, 0.5) is 27.8 Å². The van der Waals surface area contributed by atoms with Crippen molar-refractivity contribution in [3.63, 3.8) is 0 Å². The summed E-state index contributed by atoms with van der Waals surface area (Å²) in [5.74, 6) is -3.50. The fraction of sp³-hybridized carbons (Fsp3) is 0.556. The molecule has 0 aliphatic carbocycles. The molecule has 0 bridgehead atoms. The van der Waals surface area contributed by atoms with Crippen molar-refractivity contribution >= 4 is 5.82 Å². The zero-order chi connectivity index (χ0) is 31.7. The lowest BCUT2D eigenvalue weighted by atomic mass is 10.6. The van der Waals surface area contributed by atoms with E-state index in [1.54, 1.807) is 0 Å². The molecule has 0 fully saturated rings. The first-order chi connectivity index (χ1) is 19.7. The number of nitrogens with zero attached hydrogens (tertiary/aromatic N) is 9. The number of hydrogen-bond donors (Lipinski definition) is 1. The summed E-state index contributed by atoms with van der Waals surface area (Å²) in [5, 5.41) is 0. The number of aromatic nitrogens is 6. The maximum atomic E-state index is 12.7. The van der Waals surface area contributed by atoms with Gasteiger partial charge in [0.15, 0.2) is 0 Å². The molecule has 0 aliphatic rings. The number of rotatable bonds is 12. The van der Waals surface area contributed by atoms with Gasteiger partial charge in [0.2, 0.25) is 29.7 Å². The number of anilines is 1. The Morgan fingerprint density at radius 3 is 1.31 bits per heavy atom. The molecule has 18 heteroatoms. The Labute approximate surface area is 262 Å². The predicted molar refractivity (Wildman–Crippen MR) is 163 cm³/mol. The van der Waals surface area contributed by atoms with Crippen molar-refractivity contribution in [2.45, 2.75) is 22.3 Å². The highest BCUT2D eigenvalue weighted by Crippen LogP contribution is 2.08.